The molecule has 2 aliphatic rings. The van der Waals surface area contributed by atoms with Crippen LogP contribution in [0.3, 0.4) is 0 Å². The van der Waals surface area contributed by atoms with Crippen LogP contribution in [0.25, 0.3) is 0 Å². The van der Waals surface area contributed by atoms with Crippen LogP contribution in [-0.2, 0) is 4.74 Å². The Kier molecular flexibility index (Phi) is 7.32. The van der Waals surface area contributed by atoms with Crippen molar-refractivity contribution in [1.82, 2.24) is 10.2 Å². The third kappa shape index (κ3) is 5.34. The van der Waals surface area contributed by atoms with E-state index in [2.05, 4.69) is 24.2 Å². The summed E-state index contributed by atoms with van der Waals surface area (Å²) in [6.07, 6.45) is 9.41. The topological polar surface area (TPSA) is 24.5 Å². The Morgan fingerprint density at radius 1 is 1.15 bits per heavy atom. The second-order valence-corrected chi connectivity index (χ2v) is 6.86. The van der Waals surface area contributed by atoms with Gasteiger partial charge in [0.15, 0.2) is 0 Å². The predicted molar refractivity (Wildman–Crippen MR) is 85.1 cm³/mol. The van der Waals surface area contributed by atoms with Crippen molar-refractivity contribution in [2.75, 3.05) is 39.9 Å². The van der Waals surface area contributed by atoms with Gasteiger partial charge >= 0.3 is 0 Å². The largest absolute Gasteiger partial charge is 0.381 e. The van der Waals surface area contributed by atoms with Gasteiger partial charge in [-0.05, 0) is 70.5 Å². The first kappa shape index (κ1) is 16.3. The summed E-state index contributed by atoms with van der Waals surface area (Å²) < 4.78 is 5.45. The first-order chi connectivity index (χ1) is 9.79. The number of nitrogens with zero attached hydrogens (tertiary/aromatic N) is 1. The molecule has 1 heterocycles. The molecular formula is C17H34N2O. The lowest BCUT2D eigenvalue weighted by Gasteiger charge is -2.28. The van der Waals surface area contributed by atoms with E-state index in [-0.39, 0.29) is 0 Å². The molecule has 0 spiro atoms. The summed E-state index contributed by atoms with van der Waals surface area (Å²) in [6, 6.07) is 0.798. The van der Waals surface area contributed by atoms with Gasteiger partial charge in [0.1, 0.15) is 0 Å². The molecule has 0 aromatic carbocycles. The molecule has 0 aromatic rings. The summed E-state index contributed by atoms with van der Waals surface area (Å²) >= 11 is 0. The molecule has 1 saturated heterocycles. The number of hydrogen-bond acceptors (Lipinski definition) is 3. The second-order valence-electron chi connectivity index (χ2n) is 6.86. The Morgan fingerprint density at radius 3 is 2.70 bits per heavy atom. The SMILES string of the molecule is CCCNC1CCCC1CCN(C)CC1CCOCC1. The Bertz CT molecular complexity index is 253. The zero-order valence-electron chi connectivity index (χ0n) is 13.6. The van der Waals surface area contributed by atoms with Crippen LogP contribution < -0.4 is 5.32 Å². The Balaban J connectivity index is 1.62. The van der Waals surface area contributed by atoms with Crippen molar-refractivity contribution in [3.63, 3.8) is 0 Å². The van der Waals surface area contributed by atoms with Crippen molar-refractivity contribution in [3.05, 3.63) is 0 Å². The summed E-state index contributed by atoms with van der Waals surface area (Å²) in [5, 5.41) is 3.75. The molecular weight excluding hydrogens is 248 g/mol. The first-order valence-corrected chi connectivity index (χ1v) is 8.79. The summed E-state index contributed by atoms with van der Waals surface area (Å²) in [5.41, 5.74) is 0. The predicted octanol–water partition coefficient (Wildman–Crippen LogP) is 2.90. The van der Waals surface area contributed by atoms with Crippen LogP contribution in [0.4, 0.5) is 0 Å². The lowest BCUT2D eigenvalue weighted by atomic mass is 9.97. The quantitative estimate of drug-likeness (QED) is 0.741. The molecule has 1 saturated carbocycles. The van der Waals surface area contributed by atoms with Crippen molar-refractivity contribution >= 4 is 0 Å². The molecule has 1 N–H and O–H groups in total. The molecule has 1 aliphatic carbocycles. The molecule has 2 unspecified atom stereocenters. The maximum absolute atomic E-state index is 5.45. The average molecular weight is 282 g/mol. The molecule has 0 bridgehead atoms. The van der Waals surface area contributed by atoms with Gasteiger partial charge in [-0.3, -0.25) is 0 Å². The van der Waals surface area contributed by atoms with E-state index in [0.29, 0.717) is 0 Å². The minimum absolute atomic E-state index is 0.798. The maximum Gasteiger partial charge on any atom is 0.0469 e. The summed E-state index contributed by atoms with van der Waals surface area (Å²) in [7, 11) is 2.30. The minimum atomic E-state index is 0.798. The van der Waals surface area contributed by atoms with Crippen LogP contribution in [0.1, 0.15) is 51.9 Å². The molecule has 118 valence electrons. The third-order valence-electron chi connectivity index (χ3n) is 5.11. The lowest BCUT2D eigenvalue weighted by Crippen LogP contribution is -2.36. The number of hydrogen-bond donors (Lipinski definition) is 1. The Labute approximate surface area is 125 Å². The smallest absolute Gasteiger partial charge is 0.0469 e. The monoisotopic (exact) mass is 282 g/mol. The van der Waals surface area contributed by atoms with Gasteiger partial charge in [-0.25, -0.2) is 0 Å². The van der Waals surface area contributed by atoms with Crippen LogP contribution in [-0.4, -0.2) is 50.8 Å². The van der Waals surface area contributed by atoms with E-state index in [4.69, 9.17) is 4.74 Å². The van der Waals surface area contributed by atoms with Gasteiger partial charge in [-0.2, -0.15) is 0 Å². The van der Waals surface area contributed by atoms with Gasteiger partial charge in [0.05, 0.1) is 0 Å². The van der Waals surface area contributed by atoms with Gasteiger partial charge in [0.2, 0.25) is 0 Å². The van der Waals surface area contributed by atoms with Gasteiger partial charge in [-0.1, -0.05) is 13.3 Å². The lowest BCUT2D eigenvalue weighted by molar-refractivity contribution is 0.0550. The van der Waals surface area contributed by atoms with Crippen LogP contribution in [0.15, 0.2) is 0 Å². The Hall–Kier alpha value is -0.120. The zero-order valence-corrected chi connectivity index (χ0v) is 13.6. The van der Waals surface area contributed by atoms with Crippen LogP contribution in [0.2, 0.25) is 0 Å². The standard InChI is InChI=1S/C17H34N2O/c1-3-10-18-17-6-4-5-16(17)7-11-19(2)14-15-8-12-20-13-9-15/h15-18H,3-14H2,1-2H3. The van der Waals surface area contributed by atoms with Crippen molar-refractivity contribution in [2.45, 2.75) is 57.9 Å². The molecule has 3 nitrogen and oxygen atoms in total. The number of rotatable bonds is 8. The molecule has 1 aliphatic heterocycles. The van der Waals surface area contributed by atoms with E-state index in [0.717, 1.165) is 31.1 Å². The second kappa shape index (κ2) is 9.01. The van der Waals surface area contributed by atoms with Crippen molar-refractivity contribution < 1.29 is 4.74 Å². The van der Waals surface area contributed by atoms with E-state index in [9.17, 15) is 0 Å². The van der Waals surface area contributed by atoms with Gasteiger partial charge in [-0.15, -0.1) is 0 Å². The van der Waals surface area contributed by atoms with E-state index in [1.165, 1.54) is 64.6 Å². The highest BCUT2D eigenvalue weighted by atomic mass is 16.5. The van der Waals surface area contributed by atoms with Crippen molar-refractivity contribution in [2.24, 2.45) is 11.8 Å². The molecule has 0 amide bonds. The highest BCUT2D eigenvalue weighted by molar-refractivity contribution is 4.83. The molecule has 0 radical (unpaired) electrons. The van der Waals surface area contributed by atoms with E-state index in [1.807, 2.05) is 0 Å². The molecule has 0 aromatic heterocycles. The fourth-order valence-electron chi connectivity index (χ4n) is 3.83. The number of nitrogens with one attached hydrogen (secondary N) is 1. The molecule has 2 rings (SSSR count). The van der Waals surface area contributed by atoms with E-state index < -0.39 is 0 Å². The van der Waals surface area contributed by atoms with Gasteiger partial charge < -0.3 is 15.0 Å². The highest BCUT2D eigenvalue weighted by Crippen LogP contribution is 2.28. The summed E-state index contributed by atoms with van der Waals surface area (Å²) in [5.74, 6) is 1.78. The summed E-state index contributed by atoms with van der Waals surface area (Å²) in [6.45, 7) is 7.95. The fourth-order valence-corrected chi connectivity index (χ4v) is 3.83. The molecule has 2 fully saturated rings. The van der Waals surface area contributed by atoms with Crippen molar-refractivity contribution in [1.29, 1.82) is 0 Å². The zero-order chi connectivity index (χ0) is 14.2. The molecule has 20 heavy (non-hydrogen) atoms. The van der Waals surface area contributed by atoms with Crippen LogP contribution >= 0.6 is 0 Å². The van der Waals surface area contributed by atoms with Gasteiger partial charge in [0.25, 0.3) is 0 Å². The average Bonchev–Trinajstić information content (AvgIpc) is 2.91. The number of ether oxygens (including phenoxy) is 1. The maximum atomic E-state index is 5.45. The normalized spacial score (nSPS) is 28.4. The third-order valence-corrected chi connectivity index (χ3v) is 5.11. The van der Waals surface area contributed by atoms with Gasteiger partial charge in [0, 0.05) is 25.8 Å². The molecule has 3 heteroatoms. The van der Waals surface area contributed by atoms with Crippen molar-refractivity contribution in [3.8, 4) is 0 Å². The first-order valence-electron chi connectivity index (χ1n) is 8.79. The minimum Gasteiger partial charge on any atom is -0.381 e. The van der Waals surface area contributed by atoms with E-state index >= 15 is 0 Å². The summed E-state index contributed by atoms with van der Waals surface area (Å²) in [4.78, 5) is 2.56. The van der Waals surface area contributed by atoms with Crippen LogP contribution in [0.5, 0.6) is 0 Å². The Morgan fingerprint density at radius 2 is 1.95 bits per heavy atom. The van der Waals surface area contributed by atoms with Crippen LogP contribution in [0, 0.1) is 11.8 Å². The van der Waals surface area contributed by atoms with E-state index in [1.54, 1.807) is 0 Å². The fraction of sp³-hybridized carbons (Fsp3) is 1.00. The molecule has 2 atom stereocenters. The highest BCUT2D eigenvalue weighted by Gasteiger charge is 2.26.